The average Bonchev–Trinajstić information content (AvgIpc) is 2.31. The molecule has 0 fully saturated rings. The van der Waals surface area contributed by atoms with Gasteiger partial charge in [0.05, 0.1) is 12.1 Å². The number of carbonyl (C=O) groups excluding carboxylic acids is 1. The summed E-state index contributed by atoms with van der Waals surface area (Å²) in [6.45, 7) is 0.779. The number of nitrogens with zero attached hydrogens (tertiary/aromatic N) is 3. The number of halogens is 1. The summed E-state index contributed by atoms with van der Waals surface area (Å²) in [7, 11) is 5.19. The maximum atomic E-state index is 13.1. The van der Waals surface area contributed by atoms with Crippen molar-refractivity contribution in [3.63, 3.8) is 0 Å². The van der Waals surface area contributed by atoms with Crippen LogP contribution in [0.1, 0.15) is 11.1 Å². The molecule has 5 heteroatoms. The Hall–Kier alpha value is -1.93. The molecule has 0 aliphatic heterocycles. The first-order valence-electron chi connectivity index (χ1n) is 5.51. The van der Waals surface area contributed by atoms with E-state index in [1.807, 2.05) is 4.90 Å². The SMILES string of the molecule is CN(CC(=O)N(C)C)Cc1ccc(F)c(C#N)c1. The normalized spacial score (nSPS) is 10.2. The predicted molar refractivity (Wildman–Crippen MR) is 66.1 cm³/mol. The highest BCUT2D eigenvalue weighted by Crippen LogP contribution is 2.11. The smallest absolute Gasteiger partial charge is 0.236 e. The molecule has 0 unspecified atom stereocenters. The standard InChI is InChI=1S/C13H16FN3O/c1-16(2)13(18)9-17(3)8-10-4-5-12(14)11(6-10)7-15/h4-6H,8-9H2,1-3H3. The Labute approximate surface area is 106 Å². The Morgan fingerprint density at radius 3 is 2.61 bits per heavy atom. The van der Waals surface area contributed by atoms with Crippen LogP contribution in [0.2, 0.25) is 0 Å². The molecule has 1 aromatic carbocycles. The lowest BCUT2D eigenvalue weighted by Gasteiger charge is -2.19. The zero-order chi connectivity index (χ0) is 13.7. The first kappa shape index (κ1) is 14.1. The van der Waals surface area contributed by atoms with Gasteiger partial charge in [-0.1, -0.05) is 6.07 Å². The van der Waals surface area contributed by atoms with E-state index in [0.29, 0.717) is 6.54 Å². The molecule has 0 aliphatic rings. The first-order chi connectivity index (χ1) is 8.43. The fourth-order valence-corrected chi connectivity index (χ4v) is 1.50. The lowest BCUT2D eigenvalue weighted by Crippen LogP contribution is -2.34. The number of likely N-dealkylation sites (N-methyl/N-ethyl adjacent to an activating group) is 2. The Morgan fingerprint density at radius 1 is 1.39 bits per heavy atom. The number of benzene rings is 1. The molecule has 4 nitrogen and oxygen atoms in total. The van der Waals surface area contributed by atoms with Crippen LogP contribution < -0.4 is 0 Å². The van der Waals surface area contributed by atoms with Crippen molar-refractivity contribution in [1.82, 2.24) is 9.80 Å². The van der Waals surface area contributed by atoms with Gasteiger partial charge in [0.2, 0.25) is 5.91 Å². The Morgan fingerprint density at radius 2 is 2.06 bits per heavy atom. The topological polar surface area (TPSA) is 47.3 Å². The van der Waals surface area contributed by atoms with Crippen LogP contribution in [0.5, 0.6) is 0 Å². The first-order valence-corrected chi connectivity index (χ1v) is 5.51. The van der Waals surface area contributed by atoms with Crippen molar-refractivity contribution >= 4 is 5.91 Å². The Balaban J connectivity index is 2.68. The number of hydrogen-bond donors (Lipinski definition) is 0. The van der Waals surface area contributed by atoms with Gasteiger partial charge in [-0.2, -0.15) is 5.26 Å². The molecule has 0 saturated carbocycles. The van der Waals surface area contributed by atoms with Crippen LogP contribution in [-0.4, -0.2) is 43.4 Å². The van der Waals surface area contributed by atoms with Gasteiger partial charge in [-0.05, 0) is 24.7 Å². The quantitative estimate of drug-likeness (QED) is 0.806. The van der Waals surface area contributed by atoms with E-state index in [9.17, 15) is 9.18 Å². The molecule has 0 aliphatic carbocycles. The van der Waals surface area contributed by atoms with Gasteiger partial charge in [-0.25, -0.2) is 4.39 Å². The van der Waals surface area contributed by atoms with Crippen molar-refractivity contribution < 1.29 is 9.18 Å². The fraction of sp³-hybridized carbons (Fsp3) is 0.385. The summed E-state index contributed by atoms with van der Waals surface area (Å²) in [5.74, 6) is -0.520. The second-order valence-corrected chi connectivity index (χ2v) is 4.39. The Bertz CT molecular complexity index is 480. The summed E-state index contributed by atoms with van der Waals surface area (Å²) < 4.78 is 13.1. The van der Waals surface area contributed by atoms with Crippen molar-refractivity contribution in [1.29, 1.82) is 5.26 Å². The van der Waals surface area contributed by atoms with Gasteiger partial charge < -0.3 is 4.90 Å². The molecular formula is C13H16FN3O. The highest BCUT2D eigenvalue weighted by molar-refractivity contribution is 5.77. The van der Waals surface area contributed by atoms with E-state index in [2.05, 4.69) is 0 Å². The van der Waals surface area contributed by atoms with Crippen LogP contribution in [0.15, 0.2) is 18.2 Å². The minimum Gasteiger partial charge on any atom is -0.348 e. The zero-order valence-electron chi connectivity index (χ0n) is 10.8. The molecule has 0 saturated heterocycles. The number of amides is 1. The molecular weight excluding hydrogens is 233 g/mol. The molecule has 1 rings (SSSR count). The monoisotopic (exact) mass is 249 g/mol. The highest BCUT2D eigenvalue weighted by Gasteiger charge is 2.10. The molecule has 1 aromatic rings. The second-order valence-electron chi connectivity index (χ2n) is 4.39. The van der Waals surface area contributed by atoms with Crippen LogP contribution in [0, 0.1) is 17.1 Å². The van der Waals surface area contributed by atoms with Crippen LogP contribution in [0.4, 0.5) is 4.39 Å². The lowest BCUT2D eigenvalue weighted by atomic mass is 10.1. The summed E-state index contributed by atoms with van der Waals surface area (Å²) in [5, 5.41) is 8.73. The molecule has 18 heavy (non-hydrogen) atoms. The number of rotatable bonds is 4. The van der Waals surface area contributed by atoms with Crippen molar-refractivity contribution in [2.24, 2.45) is 0 Å². The number of hydrogen-bond acceptors (Lipinski definition) is 3. The Kier molecular flexibility index (Phi) is 4.81. The van der Waals surface area contributed by atoms with E-state index < -0.39 is 5.82 Å². The van der Waals surface area contributed by atoms with Gasteiger partial charge in [-0.3, -0.25) is 9.69 Å². The van der Waals surface area contributed by atoms with E-state index in [1.54, 1.807) is 33.3 Å². The van der Waals surface area contributed by atoms with Gasteiger partial charge in [0.25, 0.3) is 0 Å². The summed E-state index contributed by atoms with van der Waals surface area (Å²) in [6.07, 6.45) is 0. The molecule has 0 N–H and O–H groups in total. The molecule has 1 amide bonds. The minimum absolute atomic E-state index is 0.000110. The van der Waals surface area contributed by atoms with Crippen molar-refractivity contribution in [2.45, 2.75) is 6.54 Å². The lowest BCUT2D eigenvalue weighted by molar-refractivity contribution is -0.129. The number of nitriles is 1. The van der Waals surface area contributed by atoms with Crippen LogP contribution >= 0.6 is 0 Å². The number of carbonyl (C=O) groups is 1. The maximum absolute atomic E-state index is 13.1. The van der Waals surface area contributed by atoms with E-state index in [4.69, 9.17) is 5.26 Å². The summed E-state index contributed by atoms with van der Waals surface area (Å²) >= 11 is 0. The average molecular weight is 249 g/mol. The van der Waals surface area contributed by atoms with E-state index in [-0.39, 0.29) is 18.0 Å². The van der Waals surface area contributed by atoms with Crippen molar-refractivity contribution in [3.8, 4) is 6.07 Å². The van der Waals surface area contributed by atoms with Crippen LogP contribution in [0.3, 0.4) is 0 Å². The third-order valence-electron chi connectivity index (χ3n) is 2.51. The highest BCUT2D eigenvalue weighted by atomic mass is 19.1. The van der Waals surface area contributed by atoms with Crippen LogP contribution in [0.25, 0.3) is 0 Å². The van der Waals surface area contributed by atoms with Gasteiger partial charge in [0.15, 0.2) is 0 Å². The fourth-order valence-electron chi connectivity index (χ4n) is 1.50. The molecule has 0 aromatic heterocycles. The van der Waals surface area contributed by atoms with Gasteiger partial charge in [-0.15, -0.1) is 0 Å². The second kappa shape index (κ2) is 6.12. The third kappa shape index (κ3) is 3.82. The van der Waals surface area contributed by atoms with Gasteiger partial charge >= 0.3 is 0 Å². The van der Waals surface area contributed by atoms with E-state index >= 15 is 0 Å². The molecule has 0 radical (unpaired) electrons. The molecule has 0 bridgehead atoms. The predicted octanol–water partition coefficient (Wildman–Crippen LogP) is 1.22. The van der Waals surface area contributed by atoms with Gasteiger partial charge in [0.1, 0.15) is 11.9 Å². The zero-order valence-corrected chi connectivity index (χ0v) is 10.8. The van der Waals surface area contributed by atoms with Crippen LogP contribution in [-0.2, 0) is 11.3 Å². The van der Waals surface area contributed by atoms with E-state index in [1.165, 1.54) is 17.0 Å². The van der Waals surface area contributed by atoms with Gasteiger partial charge in [0, 0.05) is 20.6 Å². The summed E-state index contributed by atoms with van der Waals surface area (Å²) in [4.78, 5) is 14.8. The third-order valence-corrected chi connectivity index (χ3v) is 2.51. The largest absolute Gasteiger partial charge is 0.348 e. The maximum Gasteiger partial charge on any atom is 0.236 e. The molecule has 0 atom stereocenters. The summed E-state index contributed by atoms with van der Waals surface area (Å²) in [6, 6.07) is 6.20. The van der Waals surface area contributed by atoms with E-state index in [0.717, 1.165) is 5.56 Å². The molecule has 96 valence electrons. The van der Waals surface area contributed by atoms with Crippen molar-refractivity contribution in [3.05, 3.63) is 35.1 Å². The molecule has 0 heterocycles. The summed E-state index contributed by atoms with van der Waals surface area (Å²) in [5.41, 5.74) is 0.835. The van der Waals surface area contributed by atoms with Crippen molar-refractivity contribution in [2.75, 3.05) is 27.7 Å². The minimum atomic E-state index is -0.520. The molecule has 0 spiro atoms.